The molecule has 0 unspecified atom stereocenters. The summed E-state index contributed by atoms with van der Waals surface area (Å²) >= 11 is 0. The van der Waals surface area contributed by atoms with E-state index in [0.717, 1.165) is 100 Å². The van der Waals surface area contributed by atoms with E-state index < -0.39 is 0 Å². The van der Waals surface area contributed by atoms with Crippen LogP contribution in [-0.2, 0) is 0 Å². The van der Waals surface area contributed by atoms with Crippen LogP contribution in [0.2, 0.25) is 0 Å². The van der Waals surface area contributed by atoms with Crippen molar-refractivity contribution < 1.29 is 0 Å². The third-order valence-electron chi connectivity index (χ3n) is 28.4. The van der Waals surface area contributed by atoms with Gasteiger partial charge in [-0.2, -0.15) is 9.97 Å². The molecule has 29 rings (SSSR count). The van der Waals surface area contributed by atoms with Crippen molar-refractivity contribution in [1.29, 1.82) is 0 Å². The van der Waals surface area contributed by atoms with Crippen molar-refractivity contribution in [3.05, 3.63) is 503 Å². The minimum atomic E-state index is 0.613. The predicted octanol–water partition coefficient (Wildman–Crippen LogP) is 32.5. The maximum atomic E-state index is 5.02. The molecule has 0 amide bonds. The van der Waals surface area contributed by atoms with E-state index in [9.17, 15) is 0 Å². The summed E-state index contributed by atoms with van der Waals surface area (Å²) in [4.78, 5) is 43.0. The molecule has 692 valence electrons. The first kappa shape index (κ1) is 86.3. The second-order valence-electron chi connectivity index (χ2n) is 37.2. The van der Waals surface area contributed by atoms with E-state index in [2.05, 4.69) is 432 Å². The molecule has 9 heterocycles. The van der Waals surface area contributed by atoms with Gasteiger partial charge in [-0.15, -0.1) is 0 Å². The Morgan fingerprint density at radius 3 is 0.694 bits per heavy atom. The molecule has 0 aliphatic carbocycles. The maximum absolute atomic E-state index is 5.02. The van der Waals surface area contributed by atoms with Gasteiger partial charge in [0.25, 0.3) is 0 Å². The van der Waals surface area contributed by atoms with Gasteiger partial charge in [0.15, 0.2) is 29.1 Å². The number of hydrogen-bond donors (Lipinski definition) is 0. The maximum Gasteiger partial charge on any atom is 0.238 e. The first-order valence-electron chi connectivity index (χ1n) is 49.6. The van der Waals surface area contributed by atoms with Crippen LogP contribution in [0.5, 0.6) is 0 Å². The van der Waals surface area contributed by atoms with Crippen molar-refractivity contribution in [2.45, 2.75) is 20.8 Å². The average molecular weight is 1890 g/mol. The fourth-order valence-corrected chi connectivity index (χ4v) is 21.9. The molecule has 15 nitrogen and oxygen atoms in total. The summed E-state index contributed by atoms with van der Waals surface area (Å²) < 4.78 is 14.1. The molecule has 0 aliphatic rings. The van der Waals surface area contributed by atoms with Crippen LogP contribution in [0.15, 0.2) is 485 Å². The average Bonchev–Trinajstić information content (AvgIpc) is 1.58. The SMILES string of the molecule is Cc1nc(-c2ccccc2)nc(-c2ccc(-n3c4ccccc4c4cccc(-c5ccc(-n6c7ccccc7c7ccccc76)cc5)c43)cc2)n1.Cc1nc(-c2ccccc2)nc(-c2ccc(-n3c4ccccc4c4cccc(-c5ccc6c(c5)c5ccccc5n6-c5ccccc5)c43)cc2)n1.Cc1nc(-c2ccccc2)nc(-n2c3ccccc3c3cccc(-c4ccc(-n5c6ccccc6c6ccccc65)cc4)c32)n1. The molecule has 0 fully saturated rings. The monoisotopic (exact) mass is 1880 g/mol. The van der Waals surface area contributed by atoms with E-state index in [1.807, 2.05) is 112 Å². The minimum Gasteiger partial charge on any atom is -0.309 e. The normalized spacial score (nSPS) is 11.6. The highest BCUT2D eigenvalue weighted by atomic mass is 15.2. The molecule has 0 bridgehead atoms. The molecule has 0 saturated heterocycles. The van der Waals surface area contributed by atoms with Crippen molar-refractivity contribution >= 4 is 131 Å². The third kappa shape index (κ3) is 15.1. The van der Waals surface area contributed by atoms with Gasteiger partial charge in [0.2, 0.25) is 5.95 Å². The molecule has 15 heteroatoms. The fourth-order valence-electron chi connectivity index (χ4n) is 21.9. The van der Waals surface area contributed by atoms with Crippen molar-refractivity contribution in [2.24, 2.45) is 0 Å². The van der Waals surface area contributed by atoms with Gasteiger partial charge >= 0.3 is 0 Å². The molecule has 29 aromatic rings. The summed E-state index contributed by atoms with van der Waals surface area (Å²) in [6.45, 7) is 5.77. The number of aryl methyl sites for hydroxylation is 3. The van der Waals surface area contributed by atoms with Gasteiger partial charge in [0.1, 0.15) is 17.5 Å². The first-order chi connectivity index (χ1) is 72.7. The van der Waals surface area contributed by atoms with Gasteiger partial charge in [-0.25, -0.2) is 34.9 Å². The highest BCUT2D eigenvalue weighted by Crippen LogP contribution is 2.46. The molecule has 0 radical (unpaired) electrons. The van der Waals surface area contributed by atoms with Gasteiger partial charge in [0.05, 0.1) is 66.2 Å². The Bertz CT molecular complexity index is 10100. The molecule has 20 aromatic carbocycles. The standard InChI is InChI=1S/2C46H31N5.C40H27N5/c1-30-47-45(31-13-4-2-5-14-31)49-46(48-30)32-23-26-35(27-24-32)51-42-22-11-8-17-37(42)39-20-12-19-36(44(39)51)33-25-28-43-40(29-33)38-18-9-10-21-41(38)50(43)34-15-6-3-7-16-34;1-30-47-45(32-12-3-2-4-13-32)49-46(48-30)33-24-28-35(29-25-33)51-43-21-10-7-16-39(43)40-18-11-17-36(44(40)51)31-22-26-34(27-23-31)50-41-19-8-5-14-37(41)38-15-6-9-20-42(38)50;1-26-41-39(28-12-3-2-4-13-28)43-40(42-26)45-37-21-10-7-16-33(37)34-18-11-17-30(38(34)45)27-22-24-29(25-23-27)44-35-19-8-5-14-31(35)32-15-6-9-20-36(32)44/h2*2-29H,1H3;2-25H,1H3. The van der Waals surface area contributed by atoms with E-state index >= 15 is 0 Å². The highest BCUT2D eigenvalue weighted by molar-refractivity contribution is 6.19. The number of nitrogens with zero attached hydrogens (tertiary/aromatic N) is 15. The Balaban J connectivity index is 0.000000109. The van der Waals surface area contributed by atoms with Crippen LogP contribution in [0.4, 0.5) is 0 Å². The van der Waals surface area contributed by atoms with Crippen LogP contribution in [0, 0.1) is 20.8 Å². The zero-order chi connectivity index (χ0) is 97.7. The lowest BCUT2D eigenvalue weighted by Gasteiger charge is -2.13. The van der Waals surface area contributed by atoms with E-state index in [-0.39, 0.29) is 0 Å². The summed E-state index contributed by atoms with van der Waals surface area (Å²) in [6, 6.07) is 172. The summed E-state index contributed by atoms with van der Waals surface area (Å²) in [5.41, 5.74) is 31.4. The number of fused-ring (bicyclic) bond motifs is 18. The molecule has 0 saturated carbocycles. The number of aromatic nitrogens is 15. The summed E-state index contributed by atoms with van der Waals surface area (Å²) in [6.07, 6.45) is 0. The smallest absolute Gasteiger partial charge is 0.238 e. The minimum absolute atomic E-state index is 0.613. The summed E-state index contributed by atoms with van der Waals surface area (Å²) in [5.74, 6) is 6.03. The summed E-state index contributed by atoms with van der Waals surface area (Å²) in [7, 11) is 0. The van der Waals surface area contributed by atoms with Crippen LogP contribution in [0.25, 0.3) is 256 Å². The molecule has 0 spiro atoms. The molecule has 147 heavy (non-hydrogen) atoms. The molecule has 9 aromatic heterocycles. The topological polar surface area (TPSA) is 146 Å². The van der Waals surface area contributed by atoms with Gasteiger partial charge in [0, 0.05) is 138 Å². The third-order valence-corrected chi connectivity index (χ3v) is 28.4. The quantitative estimate of drug-likeness (QED) is 0.104. The molecule has 0 atom stereocenters. The Morgan fingerprint density at radius 2 is 0.354 bits per heavy atom. The Kier molecular flexibility index (Phi) is 21.2. The lowest BCUT2D eigenvalue weighted by molar-refractivity contribution is 0.907. The number of benzene rings is 20. The Morgan fingerprint density at radius 1 is 0.136 bits per heavy atom. The first-order valence-corrected chi connectivity index (χ1v) is 49.6. The van der Waals surface area contributed by atoms with Gasteiger partial charge < -0.3 is 22.8 Å². The van der Waals surface area contributed by atoms with Crippen molar-refractivity contribution in [3.8, 4) is 125 Å². The van der Waals surface area contributed by atoms with Gasteiger partial charge in [-0.05, 0) is 183 Å². The van der Waals surface area contributed by atoms with Crippen molar-refractivity contribution in [3.63, 3.8) is 0 Å². The second-order valence-corrected chi connectivity index (χ2v) is 37.2. The molecular weight excluding hydrogens is 1800 g/mol. The van der Waals surface area contributed by atoms with Gasteiger partial charge in [-0.1, -0.05) is 340 Å². The van der Waals surface area contributed by atoms with Crippen LogP contribution in [0.3, 0.4) is 0 Å². The van der Waals surface area contributed by atoms with Crippen LogP contribution >= 0.6 is 0 Å². The lowest BCUT2D eigenvalue weighted by Crippen LogP contribution is -2.06. The largest absolute Gasteiger partial charge is 0.309 e. The number of hydrogen-bond acceptors (Lipinski definition) is 9. The van der Waals surface area contributed by atoms with Crippen LogP contribution < -0.4 is 0 Å². The highest BCUT2D eigenvalue weighted by Gasteiger charge is 2.26. The predicted molar refractivity (Wildman–Crippen MR) is 603 cm³/mol. The lowest BCUT2D eigenvalue weighted by atomic mass is 10.00. The Labute approximate surface area is 845 Å². The van der Waals surface area contributed by atoms with Crippen LogP contribution in [-0.4, -0.2) is 72.3 Å². The Hall–Kier alpha value is -19.8. The molecule has 0 aliphatic heterocycles. The second kappa shape index (κ2) is 36.1. The number of rotatable bonds is 14. The van der Waals surface area contributed by atoms with Crippen molar-refractivity contribution in [1.82, 2.24) is 72.3 Å². The van der Waals surface area contributed by atoms with E-state index in [1.165, 1.54) is 120 Å². The fraction of sp³-hybridized carbons (Fsp3) is 0.0227. The van der Waals surface area contributed by atoms with E-state index in [4.69, 9.17) is 34.9 Å². The van der Waals surface area contributed by atoms with Crippen LogP contribution in [0.1, 0.15) is 17.5 Å². The van der Waals surface area contributed by atoms with E-state index in [0.29, 0.717) is 52.5 Å². The van der Waals surface area contributed by atoms with E-state index in [1.54, 1.807) is 0 Å². The number of para-hydroxylation sites is 12. The molecular formula is C132H89N15. The zero-order valence-electron chi connectivity index (χ0n) is 80.4. The van der Waals surface area contributed by atoms with Crippen molar-refractivity contribution in [2.75, 3.05) is 0 Å². The zero-order valence-corrected chi connectivity index (χ0v) is 80.4. The summed E-state index contributed by atoms with van der Waals surface area (Å²) in [5, 5.41) is 14.7. The van der Waals surface area contributed by atoms with Gasteiger partial charge in [-0.3, -0.25) is 4.57 Å². The molecule has 0 N–H and O–H groups in total.